The molecule has 1 aliphatic heterocycles. The smallest absolute Gasteiger partial charge is 0.151 e. The molecule has 158 valence electrons. The van der Waals surface area contributed by atoms with Gasteiger partial charge in [0.05, 0.1) is 11.4 Å². The molecule has 0 bridgehead atoms. The minimum absolute atomic E-state index is 0.867. The minimum Gasteiger partial charge on any atom is -0.453 e. The molecule has 33 heavy (non-hydrogen) atoms. The molecule has 0 saturated heterocycles. The highest BCUT2D eigenvalue weighted by molar-refractivity contribution is 5.87. The molecule has 0 unspecified atom stereocenters. The summed E-state index contributed by atoms with van der Waals surface area (Å²) in [6.07, 6.45) is 0. The SMILES string of the molecule is Cc1cc(-c2ccccc2)cc(-c2ccc(N3c4ccccc4Oc4ccccc43)cc2)c1. The predicted octanol–water partition coefficient (Wildman–Crippen LogP) is 8.90. The fraction of sp³-hybridized carbons (Fsp3) is 0.0323. The van der Waals surface area contributed by atoms with E-state index in [1.54, 1.807) is 0 Å². The van der Waals surface area contributed by atoms with Gasteiger partial charge in [0.1, 0.15) is 0 Å². The van der Waals surface area contributed by atoms with Gasteiger partial charge in [0, 0.05) is 5.69 Å². The lowest BCUT2D eigenvalue weighted by Gasteiger charge is -2.32. The third-order valence-corrected chi connectivity index (χ3v) is 6.08. The Balaban J connectivity index is 1.41. The van der Waals surface area contributed by atoms with E-state index in [9.17, 15) is 0 Å². The number of hydrogen-bond donors (Lipinski definition) is 0. The fourth-order valence-corrected chi connectivity index (χ4v) is 4.53. The second-order valence-corrected chi connectivity index (χ2v) is 8.37. The van der Waals surface area contributed by atoms with E-state index in [4.69, 9.17) is 4.74 Å². The summed E-state index contributed by atoms with van der Waals surface area (Å²) in [5.74, 6) is 1.73. The number of hydrogen-bond acceptors (Lipinski definition) is 2. The van der Waals surface area contributed by atoms with Crippen molar-refractivity contribution in [2.24, 2.45) is 0 Å². The van der Waals surface area contributed by atoms with Crippen molar-refractivity contribution in [1.29, 1.82) is 0 Å². The van der Waals surface area contributed by atoms with E-state index in [1.165, 1.54) is 27.8 Å². The van der Waals surface area contributed by atoms with Gasteiger partial charge in [0.2, 0.25) is 0 Å². The predicted molar refractivity (Wildman–Crippen MR) is 137 cm³/mol. The first-order valence-corrected chi connectivity index (χ1v) is 11.2. The Bertz CT molecular complexity index is 1390. The van der Waals surface area contributed by atoms with Gasteiger partial charge in [0.15, 0.2) is 11.5 Å². The molecule has 1 aliphatic rings. The van der Waals surface area contributed by atoms with Crippen LogP contribution in [0.2, 0.25) is 0 Å². The molecule has 0 fully saturated rings. The molecular formula is C31H23NO. The molecule has 2 nitrogen and oxygen atoms in total. The van der Waals surface area contributed by atoms with E-state index in [0.29, 0.717) is 0 Å². The molecule has 5 aromatic carbocycles. The van der Waals surface area contributed by atoms with Gasteiger partial charge in [-0.05, 0) is 77.2 Å². The van der Waals surface area contributed by atoms with Gasteiger partial charge < -0.3 is 9.64 Å². The Morgan fingerprint density at radius 1 is 0.485 bits per heavy atom. The first-order chi connectivity index (χ1) is 16.3. The van der Waals surface area contributed by atoms with Crippen LogP contribution in [0, 0.1) is 6.92 Å². The summed E-state index contributed by atoms with van der Waals surface area (Å²) in [5.41, 5.74) is 9.37. The van der Waals surface area contributed by atoms with Crippen molar-refractivity contribution in [1.82, 2.24) is 0 Å². The average Bonchev–Trinajstić information content (AvgIpc) is 2.87. The van der Waals surface area contributed by atoms with Crippen LogP contribution >= 0.6 is 0 Å². The van der Waals surface area contributed by atoms with Crippen LogP contribution in [0.25, 0.3) is 22.3 Å². The van der Waals surface area contributed by atoms with Crippen LogP contribution in [-0.4, -0.2) is 0 Å². The van der Waals surface area contributed by atoms with Gasteiger partial charge in [0.25, 0.3) is 0 Å². The van der Waals surface area contributed by atoms with Crippen LogP contribution in [0.4, 0.5) is 17.1 Å². The highest BCUT2D eigenvalue weighted by atomic mass is 16.5. The van der Waals surface area contributed by atoms with E-state index in [0.717, 1.165) is 28.6 Å². The molecular weight excluding hydrogens is 402 g/mol. The van der Waals surface area contributed by atoms with Crippen molar-refractivity contribution in [3.8, 4) is 33.8 Å². The minimum atomic E-state index is 0.867. The van der Waals surface area contributed by atoms with Gasteiger partial charge in [-0.3, -0.25) is 0 Å². The second kappa shape index (κ2) is 7.99. The Hall–Kier alpha value is -4.30. The molecule has 0 saturated carbocycles. The summed E-state index contributed by atoms with van der Waals surface area (Å²) in [5, 5.41) is 0. The lowest BCUT2D eigenvalue weighted by molar-refractivity contribution is 0.477. The Labute approximate surface area is 194 Å². The maximum atomic E-state index is 6.15. The van der Waals surface area contributed by atoms with Gasteiger partial charge in [-0.1, -0.05) is 78.9 Å². The molecule has 1 heterocycles. The lowest BCUT2D eigenvalue weighted by atomic mass is 9.96. The molecule has 0 radical (unpaired) electrons. The number of fused-ring (bicyclic) bond motifs is 2. The number of nitrogens with zero attached hydrogens (tertiary/aromatic N) is 1. The monoisotopic (exact) mass is 425 g/mol. The topological polar surface area (TPSA) is 12.5 Å². The summed E-state index contributed by atoms with van der Waals surface area (Å²) < 4.78 is 6.15. The van der Waals surface area contributed by atoms with Crippen molar-refractivity contribution < 1.29 is 4.74 Å². The summed E-state index contributed by atoms with van der Waals surface area (Å²) in [6.45, 7) is 2.16. The number of rotatable bonds is 3. The van der Waals surface area contributed by atoms with Crippen LogP contribution < -0.4 is 9.64 Å². The fourth-order valence-electron chi connectivity index (χ4n) is 4.53. The zero-order valence-corrected chi connectivity index (χ0v) is 18.4. The second-order valence-electron chi connectivity index (χ2n) is 8.37. The highest BCUT2D eigenvalue weighted by Gasteiger charge is 2.25. The number of aryl methyl sites for hydroxylation is 1. The van der Waals surface area contributed by atoms with Gasteiger partial charge in [-0.2, -0.15) is 0 Å². The standard InChI is InChI=1S/C31H23NO/c1-22-19-25(23-9-3-2-4-10-23)21-26(20-22)24-15-17-27(18-16-24)32-28-11-5-7-13-30(28)33-31-14-8-6-12-29(31)32/h2-21H,1H3. The Kier molecular flexibility index (Phi) is 4.70. The largest absolute Gasteiger partial charge is 0.453 e. The van der Waals surface area contributed by atoms with E-state index >= 15 is 0 Å². The van der Waals surface area contributed by atoms with Crippen LogP contribution in [0.5, 0.6) is 11.5 Å². The summed E-state index contributed by atoms with van der Waals surface area (Å²) >= 11 is 0. The van der Waals surface area contributed by atoms with E-state index in [-0.39, 0.29) is 0 Å². The zero-order chi connectivity index (χ0) is 22.2. The molecule has 0 spiro atoms. The van der Waals surface area contributed by atoms with Crippen molar-refractivity contribution in [2.75, 3.05) is 4.90 Å². The lowest BCUT2D eigenvalue weighted by Crippen LogP contribution is -2.15. The summed E-state index contributed by atoms with van der Waals surface area (Å²) in [6, 6.07) is 42.5. The Morgan fingerprint density at radius 2 is 1.00 bits per heavy atom. The molecule has 0 aromatic heterocycles. The number of benzene rings is 5. The molecule has 0 N–H and O–H groups in total. The van der Waals surface area contributed by atoms with Crippen LogP contribution in [-0.2, 0) is 0 Å². The number of para-hydroxylation sites is 4. The quantitative estimate of drug-likeness (QED) is 0.281. The van der Waals surface area contributed by atoms with Crippen LogP contribution in [0.15, 0.2) is 121 Å². The van der Waals surface area contributed by atoms with E-state index in [1.807, 2.05) is 24.3 Å². The van der Waals surface area contributed by atoms with Crippen LogP contribution in [0.3, 0.4) is 0 Å². The summed E-state index contributed by atoms with van der Waals surface area (Å²) in [4.78, 5) is 2.27. The molecule has 6 rings (SSSR count). The highest BCUT2D eigenvalue weighted by Crippen LogP contribution is 2.50. The normalized spacial score (nSPS) is 12.0. The number of ether oxygens (including phenoxy) is 1. The Morgan fingerprint density at radius 3 is 1.61 bits per heavy atom. The molecule has 0 aliphatic carbocycles. The molecule has 0 atom stereocenters. The van der Waals surface area contributed by atoms with Gasteiger partial charge >= 0.3 is 0 Å². The molecule has 0 amide bonds. The van der Waals surface area contributed by atoms with Crippen molar-refractivity contribution in [3.63, 3.8) is 0 Å². The maximum absolute atomic E-state index is 6.15. The maximum Gasteiger partial charge on any atom is 0.151 e. The first kappa shape index (κ1) is 19.4. The van der Waals surface area contributed by atoms with E-state index in [2.05, 4.69) is 109 Å². The summed E-state index contributed by atoms with van der Waals surface area (Å²) in [7, 11) is 0. The zero-order valence-electron chi connectivity index (χ0n) is 18.4. The van der Waals surface area contributed by atoms with Crippen LogP contribution in [0.1, 0.15) is 5.56 Å². The average molecular weight is 426 g/mol. The molecule has 5 aromatic rings. The third-order valence-electron chi connectivity index (χ3n) is 6.08. The van der Waals surface area contributed by atoms with Gasteiger partial charge in [-0.25, -0.2) is 0 Å². The van der Waals surface area contributed by atoms with E-state index < -0.39 is 0 Å². The number of anilines is 3. The van der Waals surface area contributed by atoms with Gasteiger partial charge in [-0.15, -0.1) is 0 Å². The first-order valence-electron chi connectivity index (χ1n) is 11.2. The van der Waals surface area contributed by atoms with Crippen molar-refractivity contribution >= 4 is 17.1 Å². The van der Waals surface area contributed by atoms with Crippen molar-refractivity contribution in [3.05, 3.63) is 127 Å². The van der Waals surface area contributed by atoms with Crippen molar-refractivity contribution in [2.45, 2.75) is 6.92 Å². The third kappa shape index (κ3) is 3.56. The molecule has 2 heteroatoms.